The predicted octanol–water partition coefficient (Wildman–Crippen LogP) is 3.33. The smallest absolute Gasteiger partial charge is 0.260 e. The van der Waals surface area contributed by atoms with Gasteiger partial charge in [-0.1, -0.05) is 12.1 Å². The van der Waals surface area contributed by atoms with Crippen molar-refractivity contribution < 1.29 is 23.8 Å². The van der Waals surface area contributed by atoms with Crippen LogP contribution >= 0.6 is 0 Å². The molecule has 2 heterocycles. The number of methoxy groups -OCH3 is 1. The number of aryl methyl sites for hydroxylation is 1. The van der Waals surface area contributed by atoms with Gasteiger partial charge in [0.2, 0.25) is 0 Å². The fourth-order valence-electron chi connectivity index (χ4n) is 4.00. The molecule has 2 aliphatic heterocycles. The molecule has 1 unspecified atom stereocenters. The molecule has 2 aliphatic rings. The summed E-state index contributed by atoms with van der Waals surface area (Å²) in [6, 6.07) is 11.1. The van der Waals surface area contributed by atoms with Crippen molar-refractivity contribution in [1.29, 1.82) is 0 Å². The zero-order valence-corrected chi connectivity index (χ0v) is 17.0. The lowest BCUT2D eigenvalue weighted by molar-refractivity contribution is -0.133. The van der Waals surface area contributed by atoms with Crippen molar-refractivity contribution in [3.05, 3.63) is 53.1 Å². The van der Waals surface area contributed by atoms with Gasteiger partial charge >= 0.3 is 0 Å². The van der Waals surface area contributed by atoms with Gasteiger partial charge < -0.3 is 19.1 Å². The van der Waals surface area contributed by atoms with Gasteiger partial charge in [-0.3, -0.25) is 9.59 Å². The quantitative estimate of drug-likeness (QED) is 0.795. The van der Waals surface area contributed by atoms with Gasteiger partial charge in [0.1, 0.15) is 22.8 Å². The van der Waals surface area contributed by atoms with Crippen LogP contribution in [0.2, 0.25) is 0 Å². The van der Waals surface area contributed by atoms with E-state index in [-0.39, 0.29) is 24.7 Å². The van der Waals surface area contributed by atoms with E-state index in [0.29, 0.717) is 36.6 Å². The molecule has 0 aromatic heterocycles. The maximum Gasteiger partial charge on any atom is 0.260 e. The topological polar surface area (TPSA) is 65.1 Å². The summed E-state index contributed by atoms with van der Waals surface area (Å²) in [5.41, 5.74) is 2.04. The van der Waals surface area contributed by atoms with Crippen molar-refractivity contribution in [1.82, 2.24) is 4.90 Å². The molecule has 1 atom stereocenters. The van der Waals surface area contributed by atoms with Crippen LogP contribution in [0.3, 0.4) is 0 Å². The third kappa shape index (κ3) is 3.67. The minimum Gasteiger partial charge on any atom is -0.497 e. The molecule has 152 valence electrons. The molecule has 2 aromatic rings. The van der Waals surface area contributed by atoms with Crippen LogP contribution in [-0.2, 0) is 4.79 Å². The van der Waals surface area contributed by atoms with E-state index in [1.54, 1.807) is 30.2 Å². The van der Waals surface area contributed by atoms with Crippen LogP contribution in [0.15, 0.2) is 36.4 Å². The Morgan fingerprint density at radius 1 is 1.24 bits per heavy atom. The van der Waals surface area contributed by atoms with Crippen LogP contribution in [0.4, 0.5) is 0 Å². The molecule has 0 radical (unpaired) electrons. The first-order valence-corrected chi connectivity index (χ1v) is 9.78. The molecule has 2 aromatic carbocycles. The van der Waals surface area contributed by atoms with Crippen LogP contribution in [0, 0.1) is 13.8 Å². The maximum absolute atomic E-state index is 12.7. The number of ketones is 1. The van der Waals surface area contributed by atoms with E-state index < -0.39 is 5.60 Å². The van der Waals surface area contributed by atoms with Crippen molar-refractivity contribution in [3.63, 3.8) is 0 Å². The van der Waals surface area contributed by atoms with Gasteiger partial charge in [0.25, 0.3) is 5.91 Å². The molecule has 0 N–H and O–H groups in total. The van der Waals surface area contributed by atoms with Crippen LogP contribution < -0.4 is 14.2 Å². The third-order valence-electron chi connectivity index (χ3n) is 5.87. The number of nitrogens with zero attached hydrogens (tertiary/aromatic N) is 1. The van der Waals surface area contributed by atoms with E-state index in [1.807, 2.05) is 32.0 Å². The molecule has 0 aliphatic carbocycles. The predicted molar refractivity (Wildman–Crippen MR) is 108 cm³/mol. The van der Waals surface area contributed by atoms with E-state index >= 15 is 0 Å². The van der Waals surface area contributed by atoms with E-state index in [4.69, 9.17) is 14.2 Å². The average Bonchev–Trinajstić information content (AvgIpc) is 3.11. The number of fused-ring (bicyclic) bond motifs is 1. The summed E-state index contributed by atoms with van der Waals surface area (Å²) in [6.45, 7) is 4.90. The summed E-state index contributed by atoms with van der Waals surface area (Å²) in [5, 5.41) is 0. The van der Waals surface area contributed by atoms with E-state index in [2.05, 4.69) is 0 Å². The normalized spacial score (nSPS) is 20.4. The van der Waals surface area contributed by atoms with Crippen LogP contribution in [0.5, 0.6) is 17.2 Å². The molecule has 4 rings (SSSR count). The largest absolute Gasteiger partial charge is 0.497 e. The van der Waals surface area contributed by atoms with E-state index in [1.165, 1.54) is 0 Å². The lowest BCUT2D eigenvalue weighted by atomic mass is 9.89. The number of benzene rings is 2. The Labute approximate surface area is 170 Å². The zero-order chi connectivity index (χ0) is 20.6. The third-order valence-corrected chi connectivity index (χ3v) is 5.87. The standard InChI is InChI=1S/C23H25NO5/c1-15-5-4-6-20(16(15)2)28-13-22(26)24-10-9-23(14-24)12-19(25)18-11-17(27-3)7-8-21(18)29-23/h4-8,11H,9-10,12-14H2,1-3H3. The average molecular weight is 395 g/mol. The van der Waals surface area contributed by atoms with Gasteiger partial charge in [0.15, 0.2) is 12.4 Å². The molecule has 6 heteroatoms. The molecule has 6 nitrogen and oxygen atoms in total. The highest BCUT2D eigenvalue weighted by atomic mass is 16.5. The number of ether oxygens (including phenoxy) is 3. The summed E-state index contributed by atoms with van der Waals surface area (Å²) < 4.78 is 17.2. The molecule has 1 amide bonds. The van der Waals surface area contributed by atoms with Gasteiger partial charge in [-0.2, -0.15) is 0 Å². The monoisotopic (exact) mass is 395 g/mol. The number of carbonyl (C=O) groups is 2. The lowest BCUT2D eigenvalue weighted by Gasteiger charge is -2.34. The Morgan fingerprint density at radius 3 is 2.86 bits per heavy atom. The van der Waals surface area contributed by atoms with Gasteiger partial charge in [-0.05, 0) is 49.2 Å². The number of likely N-dealkylation sites (tertiary alicyclic amines) is 1. The second kappa shape index (κ2) is 7.43. The Balaban J connectivity index is 1.42. The summed E-state index contributed by atoms with van der Waals surface area (Å²) in [7, 11) is 1.57. The summed E-state index contributed by atoms with van der Waals surface area (Å²) in [5.74, 6) is 1.83. The highest BCUT2D eigenvalue weighted by Crippen LogP contribution is 2.40. The molecule has 0 saturated carbocycles. The van der Waals surface area contributed by atoms with Crippen molar-refractivity contribution >= 4 is 11.7 Å². The van der Waals surface area contributed by atoms with Gasteiger partial charge in [0.05, 0.1) is 25.6 Å². The molecule has 29 heavy (non-hydrogen) atoms. The summed E-state index contributed by atoms with van der Waals surface area (Å²) in [4.78, 5) is 27.1. The Hall–Kier alpha value is -3.02. The van der Waals surface area contributed by atoms with Gasteiger partial charge in [-0.25, -0.2) is 0 Å². The maximum atomic E-state index is 12.7. The van der Waals surface area contributed by atoms with E-state index in [0.717, 1.165) is 16.9 Å². The molecular weight excluding hydrogens is 370 g/mol. The fourth-order valence-corrected chi connectivity index (χ4v) is 4.00. The molecule has 1 spiro atoms. The molecular formula is C23H25NO5. The van der Waals surface area contributed by atoms with E-state index in [9.17, 15) is 9.59 Å². The number of amides is 1. The minimum atomic E-state index is -0.659. The van der Waals surface area contributed by atoms with Crippen molar-refractivity contribution in [2.24, 2.45) is 0 Å². The first-order valence-electron chi connectivity index (χ1n) is 9.78. The number of hydrogen-bond donors (Lipinski definition) is 0. The summed E-state index contributed by atoms with van der Waals surface area (Å²) >= 11 is 0. The minimum absolute atomic E-state index is 0.0195. The Kier molecular flexibility index (Phi) is 4.94. The zero-order valence-electron chi connectivity index (χ0n) is 17.0. The van der Waals surface area contributed by atoms with Crippen LogP contribution in [0.1, 0.15) is 34.3 Å². The first kappa shape index (κ1) is 19.3. The molecule has 1 fully saturated rings. The lowest BCUT2D eigenvalue weighted by Crippen LogP contribution is -2.45. The van der Waals surface area contributed by atoms with Gasteiger partial charge in [-0.15, -0.1) is 0 Å². The second-order valence-electron chi connectivity index (χ2n) is 7.80. The first-order chi connectivity index (χ1) is 13.9. The van der Waals surface area contributed by atoms with Crippen LogP contribution in [0.25, 0.3) is 0 Å². The summed E-state index contributed by atoms with van der Waals surface area (Å²) in [6.07, 6.45) is 0.883. The molecule has 1 saturated heterocycles. The number of rotatable bonds is 4. The Morgan fingerprint density at radius 2 is 2.07 bits per heavy atom. The fraction of sp³-hybridized carbons (Fsp3) is 0.391. The van der Waals surface area contributed by atoms with Crippen molar-refractivity contribution in [3.8, 4) is 17.2 Å². The number of carbonyl (C=O) groups excluding carboxylic acids is 2. The number of hydrogen-bond acceptors (Lipinski definition) is 5. The van der Waals surface area contributed by atoms with Gasteiger partial charge in [0, 0.05) is 13.0 Å². The highest BCUT2D eigenvalue weighted by molar-refractivity contribution is 6.01. The van der Waals surface area contributed by atoms with Crippen LogP contribution in [-0.4, -0.2) is 49.0 Å². The highest BCUT2D eigenvalue weighted by Gasteiger charge is 2.47. The van der Waals surface area contributed by atoms with Crippen molar-refractivity contribution in [2.45, 2.75) is 32.3 Å². The SMILES string of the molecule is COc1ccc2c(c1)C(=O)CC1(CCN(C(=O)COc3cccc(C)c3C)C1)O2. The van der Waals surface area contributed by atoms with Crippen molar-refractivity contribution in [2.75, 3.05) is 26.8 Å². The second-order valence-corrected chi connectivity index (χ2v) is 7.80. The molecule has 0 bridgehead atoms. The number of Topliss-reactive ketones (excluding diaryl/α,β-unsaturated/α-hetero) is 1. The Bertz CT molecular complexity index is 970.